The van der Waals surface area contributed by atoms with Gasteiger partial charge >= 0.3 is 0 Å². The Morgan fingerprint density at radius 1 is 1.24 bits per heavy atom. The number of hydrogen-bond acceptors (Lipinski definition) is 4. The van der Waals surface area contributed by atoms with Crippen LogP contribution in [0.5, 0.6) is 0 Å². The summed E-state index contributed by atoms with van der Waals surface area (Å²) < 4.78 is 26.1. The fraction of sp³-hybridized carbons (Fsp3) is 1.00. The van der Waals surface area contributed by atoms with Crippen LogP contribution < -0.4 is 5.32 Å². The smallest absolute Gasteiger partial charge is 0.215 e. The molecule has 1 aliphatic heterocycles. The molecule has 0 aromatic heterocycles. The maximum atomic E-state index is 12.3. The molecule has 6 heteroatoms. The van der Waals surface area contributed by atoms with Crippen LogP contribution in [0.25, 0.3) is 0 Å². The third-order valence-electron chi connectivity index (χ3n) is 3.73. The highest BCUT2D eigenvalue weighted by Crippen LogP contribution is 2.27. The molecule has 1 unspecified atom stereocenters. The van der Waals surface area contributed by atoms with Crippen LogP contribution in [-0.4, -0.2) is 55.4 Å². The van der Waals surface area contributed by atoms with Gasteiger partial charge in [-0.3, -0.25) is 0 Å². The molecule has 2 rings (SSSR count). The summed E-state index contributed by atoms with van der Waals surface area (Å²) in [6.45, 7) is 1.08. The lowest BCUT2D eigenvalue weighted by molar-refractivity contribution is 0.178. The zero-order chi connectivity index (χ0) is 12.3. The molecule has 0 spiro atoms. The molecule has 0 aromatic rings. The second-order valence-electron chi connectivity index (χ2n) is 4.99. The Bertz CT molecular complexity index is 335. The molecule has 1 atom stereocenters. The van der Waals surface area contributed by atoms with Crippen LogP contribution in [-0.2, 0) is 10.0 Å². The van der Waals surface area contributed by atoms with E-state index in [9.17, 15) is 8.42 Å². The van der Waals surface area contributed by atoms with Gasteiger partial charge in [-0.1, -0.05) is 6.42 Å². The van der Waals surface area contributed by atoms with Crippen molar-refractivity contribution in [3.05, 3.63) is 0 Å². The number of aliphatic hydroxyl groups is 1. The number of sulfonamides is 1. The predicted molar refractivity (Wildman–Crippen MR) is 66.2 cm³/mol. The van der Waals surface area contributed by atoms with Gasteiger partial charge in [0.2, 0.25) is 10.0 Å². The molecule has 17 heavy (non-hydrogen) atoms. The van der Waals surface area contributed by atoms with E-state index in [2.05, 4.69) is 5.32 Å². The Labute approximate surface area is 103 Å². The third kappa shape index (κ3) is 3.19. The van der Waals surface area contributed by atoms with Gasteiger partial charge in [0.05, 0.1) is 12.4 Å². The van der Waals surface area contributed by atoms with E-state index in [1.165, 1.54) is 4.31 Å². The van der Waals surface area contributed by atoms with Gasteiger partial charge in [0.1, 0.15) is 0 Å². The molecule has 2 N–H and O–H groups in total. The highest BCUT2D eigenvalue weighted by molar-refractivity contribution is 7.89. The summed E-state index contributed by atoms with van der Waals surface area (Å²) in [7, 11) is -3.22. The largest absolute Gasteiger partial charge is 0.395 e. The number of hydrogen-bond donors (Lipinski definition) is 2. The lowest BCUT2D eigenvalue weighted by atomic mass is 9.93. The number of aliphatic hydroxyl groups excluding tert-OH is 1. The van der Waals surface area contributed by atoms with E-state index in [1.54, 1.807) is 0 Å². The van der Waals surface area contributed by atoms with E-state index in [0.29, 0.717) is 0 Å². The van der Waals surface area contributed by atoms with Crippen LogP contribution in [0.1, 0.15) is 32.1 Å². The molecule has 1 saturated heterocycles. The van der Waals surface area contributed by atoms with Crippen LogP contribution >= 0.6 is 0 Å². The average Bonchev–Trinajstić information content (AvgIpc) is 2.66. The topological polar surface area (TPSA) is 69.6 Å². The van der Waals surface area contributed by atoms with Crippen molar-refractivity contribution in [3.8, 4) is 0 Å². The predicted octanol–water partition coefficient (Wildman–Crippen LogP) is -0.0850. The maximum Gasteiger partial charge on any atom is 0.215 e. The molecule has 2 aliphatic rings. The quantitative estimate of drug-likeness (QED) is 0.702. The first kappa shape index (κ1) is 13.3. The van der Waals surface area contributed by atoms with E-state index >= 15 is 0 Å². The fourth-order valence-electron chi connectivity index (χ4n) is 2.57. The zero-order valence-electron chi connectivity index (χ0n) is 10.1. The van der Waals surface area contributed by atoms with Gasteiger partial charge in [-0.15, -0.1) is 0 Å². The van der Waals surface area contributed by atoms with Gasteiger partial charge in [-0.25, -0.2) is 8.42 Å². The van der Waals surface area contributed by atoms with Gasteiger partial charge in [0.25, 0.3) is 0 Å². The van der Waals surface area contributed by atoms with E-state index in [4.69, 9.17) is 5.11 Å². The molecule has 1 aliphatic carbocycles. The monoisotopic (exact) mass is 262 g/mol. The van der Waals surface area contributed by atoms with Gasteiger partial charge in [-0.2, -0.15) is 4.31 Å². The van der Waals surface area contributed by atoms with Crippen LogP contribution in [0.15, 0.2) is 0 Å². The second-order valence-corrected chi connectivity index (χ2v) is 6.96. The van der Waals surface area contributed by atoms with Crippen molar-refractivity contribution >= 4 is 10.0 Å². The molecule has 2 fully saturated rings. The molecular weight excluding hydrogens is 240 g/mol. The fourth-order valence-corrected chi connectivity index (χ4v) is 4.58. The Morgan fingerprint density at radius 2 is 2.00 bits per heavy atom. The minimum Gasteiger partial charge on any atom is -0.395 e. The Hall–Kier alpha value is -0.170. The lowest BCUT2D eigenvalue weighted by Crippen LogP contribution is -2.48. The van der Waals surface area contributed by atoms with Gasteiger partial charge in [-0.05, 0) is 32.2 Å². The maximum absolute atomic E-state index is 12.3. The third-order valence-corrected chi connectivity index (χ3v) is 5.75. The van der Waals surface area contributed by atoms with Crippen molar-refractivity contribution in [2.24, 2.45) is 0 Å². The van der Waals surface area contributed by atoms with Crippen molar-refractivity contribution in [2.45, 2.75) is 44.2 Å². The molecule has 5 nitrogen and oxygen atoms in total. The summed E-state index contributed by atoms with van der Waals surface area (Å²) in [6.07, 6.45) is 4.99. The van der Waals surface area contributed by atoms with Gasteiger partial charge in [0, 0.05) is 18.6 Å². The summed E-state index contributed by atoms with van der Waals surface area (Å²) in [4.78, 5) is 0. The van der Waals surface area contributed by atoms with Crippen molar-refractivity contribution in [3.63, 3.8) is 0 Å². The standard InChI is InChI=1S/C11H22N2O3S/c14-8-7-13(11-4-1-5-11)17(15,16)9-10-3-2-6-12-10/h10-12,14H,1-9H2. The van der Waals surface area contributed by atoms with E-state index in [1.807, 2.05) is 0 Å². The molecule has 0 radical (unpaired) electrons. The highest BCUT2D eigenvalue weighted by Gasteiger charge is 2.35. The molecule has 0 aromatic carbocycles. The minimum absolute atomic E-state index is 0.0895. The zero-order valence-corrected chi connectivity index (χ0v) is 11.0. The number of rotatable bonds is 6. The minimum atomic E-state index is -3.22. The van der Waals surface area contributed by atoms with Crippen molar-refractivity contribution in [1.29, 1.82) is 0 Å². The SMILES string of the molecule is O=S(=O)(CC1CCCN1)N(CCO)C1CCC1. The number of nitrogens with one attached hydrogen (secondary N) is 1. The molecule has 0 amide bonds. The first-order valence-electron chi connectivity index (χ1n) is 6.47. The summed E-state index contributed by atoms with van der Waals surface area (Å²) in [5, 5.41) is 12.2. The van der Waals surface area contributed by atoms with E-state index in [-0.39, 0.29) is 31.0 Å². The first-order chi connectivity index (χ1) is 8.13. The van der Waals surface area contributed by atoms with Crippen molar-refractivity contribution < 1.29 is 13.5 Å². The highest BCUT2D eigenvalue weighted by atomic mass is 32.2. The summed E-state index contributed by atoms with van der Waals surface area (Å²) in [5.41, 5.74) is 0. The van der Waals surface area contributed by atoms with Crippen molar-refractivity contribution in [2.75, 3.05) is 25.4 Å². The molecule has 1 saturated carbocycles. The van der Waals surface area contributed by atoms with Crippen LogP contribution in [0.3, 0.4) is 0 Å². The lowest BCUT2D eigenvalue weighted by Gasteiger charge is -2.36. The van der Waals surface area contributed by atoms with Crippen LogP contribution in [0.2, 0.25) is 0 Å². The van der Waals surface area contributed by atoms with Crippen molar-refractivity contribution in [1.82, 2.24) is 9.62 Å². The van der Waals surface area contributed by atoms with Crippen LogP contribution in [0, 0.1) is 0 Å². The van der Waals surface area contributed by atoms with E-state index < -0.39 is 10.0 Å². The molecule has 1 heterocycles. The first-order valence-corrected chi connectivity index (χ1v) is 8.08. The van der Waals surface area contributed by atoms with Gasteiger partial charge in [0.15, 0.2) is 0 Å². The van der Waals surface area contributed by atoms with E-state index in [0.717, 1.165) is 38.6 Å². The molecule has 0 bridgehead atoms. The van der Waals surface area contributed by atoms with Gasteiger partial charge < -0.3 is 10.4 Å². The average molecular weight is 262 g/mol. The second kappa shape index (κ2) is 5.65. The summed E-state index contributed by atoms with van der Waals surface area (Å²) in [5.74, 6) is 0.184. The summed E-state index contributed by atoms with van der Waals surface area (Å²) >= 11 is 0. The molecular formula is C11H22N2O3S. The van der Waals surface area contributed by atoms with Crippen LogP contribution in [0.4, 0.5) is 0 Å². The molecule has 100 valence electrons. The normalized spacial score (nSPS) is 26.4. The number of nitrogens with zero attached hydrogens (tertiary/aromatic N) is 1. The Balaban J connectivity index is 1.98. The Kier molecular flexibility index (Phi) is 4.41. The summed E-state index contributed by atoms with van der Waals surface area (Å²) in [6, 6.07) is 0.231. The Morgan fingerprint density at radius 3 is 2.47 bits per heavy atom.